The predicted molar refractivity (Wildman–Crippen MR) is 96.0 cm³/mol. The lowest BCUT2D eigenvalue weighted by atomic mass is 9.88. The summed E-state index contributed by atoms with van der Waals surface area (Å²) >= 11 is 12.1. The number of nitrogens with two attached hydrogens (primary N) is 1. The van der Waals surface area contributed by atoms with E-state index in [4.69, 9.17) is 33.7 Å². The Hall–Kier alpha value is -1.01. The second kappa shape index (κ2) is 7.48. The van der Waals surface area contributed by atoms with Crippen LogP contribution in [0.3, 0.4) is 0 Å². The summed E-state index contributed by atoms with van der Waals surface area (Å²) in [4.78, 5) is 13.1. The highest BCUT2D eigenvalue weighted by Crippen LogP contribution is 2.35. The molecule has 5 nitrogen and oxygen atoms in total. The normalized spacial score (nSPS) is 25.4. The van der Waals surface area contributed by atoms with Gasteiger partial charge in [0.1, 0.15) is 0 Å². The van der Waals surface area contributed by atoms with Crippen molar-refractivity contribution in [1.82, 2.24) is 4.90 Å². The summed E-state index contributed by atoms with van der Waals surface area (Å²) in [5.41, 5.74) is 6.62. The van der Waals surface area contributed by atoms with Crippen molar-refractivity contribution < 1.29 is 14.6 Å². The average Bonchev–Trinajstić information content (AvgIpc) is 2.69. The number of ether oxygens (including phenoxy) is 1. The smallest absolute Gasteiger partial charge is 0.407 e. The first-order valence-corrected chi connectivity index (χ1v) is 8.67. The van der Waals surface area contributed by atoms with Crippen LogP contribution >= 0.6 is 23.2 Å². The molecule has 1 aliphatic heterocycles. The molecule has 2 rings (SSSR count). The number of carboxylic acid groups (broad SMARTS) is 1. The van der Waals surface area contributed by atoms with E-state index in [1.54, 1.807) is 12.1 Å². The largest absolute Gasteiger partial charge is 0.465 e. The zero-order chi connectivity index (χ0) is 18.1. The van der Waals surface area contributed by atoms with E-state index in [2.05, 4.69) is 0 Å². The van der Waals surface area contributed by atoms with Crippen molar-refractivity contribution in [2.75, 3.05) is 19.6 Å². The van der Waals surface area contributed by atoms with Gasteiger partial charge in [-0.3, -0.25) is 0 Å². The minimum Gasteiger partial charge on any atom is -0.465 e. The lowest BCUT2D eigenvalue weighted by Crippen LogP contribution is -2.42. The SMILES string of the molecule is CC(C)(C)[C@@H]1CN(C(=O)O)C[C@H](c2ccc(Cl)c(Cl)c2)[C@@H](CN)O1. The fraction of sp³-hybridized carbons (Fsp3) is 0.588. The summed E-state index contributed by atoms with van der Waals surface area (Å²) in [7, 11) is 0. The zero-order valence-electron chi connectivity index (χ0n) is 14.1. The first-order valence-electron chi connectivity index (χ1n) is 7.91. The molecule has 3 atom stereocenters. The summed E-state index contributed by atoms with van der Waals surface area (Å²) in [6.45, 7) is 7.01. The molecule has 0 saturated carbocycles. The summed E-state index contributed by atoms with van der Waals surface area (Å²) in [6.07, 6.45) is -1.50. The summed E-state index contributed by atoms with van der Waals surface area (Å²) in [6, 6.07) is 5.32. The van der Waals surface area contributed by atoms with Crippen molar-refractivity contribution in [3.63, 3.8) is 0 Å². The number of hydrogen-bond donors (Lipinski definition) is 2. The minimum absolute atomic E-state index is 0.201. The lowest BCUT2D eigenvalue weighted by Gasteiger charge is -2.33. The third-order valence-electron chi connectivity index (χ3n) is 4.43. The van der Waals surface area contributed by atoms with Gasteiger partial charge in [0.05, 0.1) is 28.8 Å². The Balaban J connectivity index is 2.41. The number of hydrogen-bond acceptors (Lipinski definition) is 3. The second-order valence-corrected chi connectivity index (χ2v) is 8.05. The summed E-state index contributed by atoms with van der Waals surface area (Å²) < 4.78 is 6.24. The van der Waals surface area contributed by atoms with Crippen molar-refractivity contribution in [3.8, 4) is 0 Å². The van der Waals surface area contributed by atoms with Crippen molar-refractivity contribution in [3.05, 3.63) is 33.8 Å². The molecule has 7 heteroatoms. The number of halogens is 2. The Morgan fingerprint density at radius 3 is 2.50 bits per heavy atom. The number of carbonyl (C=O) groups is 1. The van der Waals surface area contributed by atoms with Gasteiger partial charge in [0.15, 0.2) is 0 Å². The van der Waals surface area contributed by atoms with E-state index in [0.29, 0.717) is 29.7 Å². The molecule has 0 unspecified atom stereocenters. The zero-order valence-corrected chi connectivity index (χ0v) is 15.6. The highest BCUT2D eigenvalue weighted by atomic mass is 35.5. The molecule has 1 aromatic carbocycles. The monoisotopic (exact) mass is 374 g/mol. The molecule has 0 radical (unpaired) electrons. The van der Waals surface area contributed by atoms with Crippen LogP contribution in [0, 0.1) is 5.41 Å². The van der Waals surface area contributed by atoms with Crippen LogP contribution in [0.5, 0.6) is 0 Å². The first-order chi connectivity index (χ1) is 11.1. The quantitative estimate of drug-likeness (QED) is 0.824. The number of benzene rings is 1. The van der Waals surface area contributed by atoms with Gasteiger partial charge < -0.3 is 20.5 Å². The van der Waals surface area contributed by atoms with E-state index in [1.165, 1.54) is 4.90 Å². The average molecular weight is 375 g/mol. The van der Waals surface area contributed by atoms with Gasteiger partial charge in [0.2, 0.25) is 0 Å². The molecule has 1 aliphatic rings. The van der Waals surface area contributed by atoms with E-state index in [-0.39, 0.29) is 23.5 Å². The van der Waals surface area contributed by atoms with Gasteiger partial charge >= 0.3 is 6.09 Å². The lowest BCUT2D eigenvalue weighted by molar-refractivity contribution is -0.0619. The predicted octanol–water partition coefficient (Wildman–Crippen LogP) is 3.83. The Morgan fingerprint density at radius 1 is 1.33 bits per heavy atom. The van der Waals surface area contributed by atoms with Gasteiger partial charge in [0, 0.05) is 19.0 Å². The maximum Gasteiger partial charge on any atom is 0.407 e. The van der Waals surface area contributed by atoms with E-state index in [0.717, 1.165) is 5.56 Å². The molecule has 1 fully saturated rings. The van der Waals surface area contributed by atoms with Gasteiger partial charge in [-0.1, -0.05) is 50.0 Å². The van der Waals surface area contributed by atoms with Crippen LogP contribution in [-0.2, 0) is 4.74 Å². The van der Waals surface area contributed by atoms with Gasteiger partial charge in [-0.2, -0.15) is 0 Å². The van der Waals surface area contributed by atoms with E-state index >= 15 is 0 Å². The minimum atomic E-state index is -0.962. The van der Waals surface area contributed by atoms with Crippen molar-refractivity contribution >= 4 is 29.3 Å². The van der Waals surface area contributed by atoms with E-state index in [9.17, 15) is 9.90 Å². The van der Waals surface area contributed by atoms with Gasteiger partial charge in [0.25, 0.3) is 0 Å². The van der Waals surface area contributed by atoms with E-state index < -0.39 is 6.09 Å². The maximum atomic E-state index is 11.7. The molecule has 1 heterocycles. The van der Waals surface area contributed by atoms with Crippen LogP contribution in [-0.4, -0.2) is 47.9 Å². The second-order valence-electron chi connectivity index (χ2n) is 7.23. The fourth-order valence-corrected chi connectivity index (χ4v) is 3.20. The summed E-state index contributed by atoms with van der Waals surface area (Å²) in [5.74, 6) is -0.201. The van der Waals surface area contributed by atoms with Crippen molar-refractivity contribution in [1.29, 1.82) is 0 Å². The van der Waals surface area contributed by atoms with Crippen LogP contribution in [0.15, 0.2) is 18.2 Å². The summed E-state index contributed by atoms with van der Waals surface area (Å²) in [5, 5.41) is 10.5. The Bertz CT molecular complexity index is 604. The van der Waals surface area contributed by atoms with Gasteiger partial charge in [-0.05, 0) is 23.1 Å². The molecular formula is C17H24Cl2N2O3. The maximum absolute atomic E-state index is 11.7. The molecule has 134 valence electrons. The van der Waals surface area contributed by atoms with Crippen LogP contribution in [0.4, 0.5) is 4.79 Å². The van der Waals surface area contributed by atoms with Crippen LogP contribution in [0.1, 0.15) is 32.3 Å². The van der Waals surface area contributed by atoms with Crippen LogP contribution in [0.2, 0.25) is 10.0 Å². The topological polar surface area (TPSA) is 75.8 Å². The molecule has 24 heavy (non-hydrogen) atoms. The fourth-order valence-electron chi connectivity index (χ4n) is 2.90. The Kier molecular flexibility index (Phi) is 6.02. The highest BCUT2D eigenvalue weighted by Gasteiger charge is 2.39. The van der Waals surface area contributed by atoms with Crippen LogP contribution in [0.25, 0.3) is 0 Å². The molecule has 1 aromatic rings. The number of amides is 1. The number of rotatable bonds is 2. The third kappa shape index (κ3) is 4.33. The van der Waals surface area contributed by atoms with Crippen LogP contribution < -0.4 is 5.73 Å². The van der Waals surface area contributed by atoms with Gasteiger partial charge in [-0.25, -0.2) is 4.79 Å². The molecule has 3 N–H and O–H groups in total. The van der Waals surface area contributed by atoms with Crippen molar-refractivity contribution in [2.24, 2.45) is 11.1 Å². The standard InChI is InChI=1S/C17H24Cl2N2O3/c1-17(2,3)15-9-21(16(22)23)8-11(14(7-20)24-15)10-4-5-12(18)13(19)6-10/h4-6,11,14-15H,7-9,20H2,1-3H3,(H,22,23)/t11-,14-,15+/m1/s1. The molecule has 0 bridgehead atoms. The van der Waals surface area contributed by atoms with Crippen molar-refractivity contribution in [2.45, 2.75) is 38.9 Å². The van der Waals surface area contributed by atoms with Gasteiger partial charge in [-0.15, -0.1) is 0 Å². The third-order valence-corrected chi connectivity index (χ3v) is 5.17. The Labute approximate surface area is 152 Å². The highest BCUT2D eigenvalue weighted by molar-refractivity contribution is 6.42. The molecule has 0 spiro atoms. The number of nitrogens with zero attached hydrogens (tertiary/aromatic N) is 1. The molecule has 0 aliphatic carbocycles. The molecular weight excluding hydrogens is 351 g/mol. The van der Waals surface area contributed by atoms with E-state index in [1.807, 2.05) is 26.8 Å². The molecule has 1 saturated heterocycles. The first kappa shape index (κ1) is 19.3. The Morgan fingerprint density at radius 2 is 2.00 bits per heavy atom. The molecule has 0 aromatic heterocycles. The molecule has 1 amide bonds.